The van der Waals surface area contributed by atoms with Crippen LogP contribution in [0.1, 0.15) is 28.5 Å². The quantitative estimate of drug-likeness (QED) is 0.335. The molecule has 33 heavy (non-hydrogen) atoms. The maximum absolute atomic E-state index is 13.1. The number of aliphatic carboxylic acids is 1. The molecule has 1 aliphatic rings. The van der Waals surface area contributed by atoms with Gasteiger partial charge >= 0.3 is 5.97 Å². The Balaban J connectivity index is 1.84. The number of carboxylic acid groups (broad SMARTS) is 1. The van der Waals surface area contributed by atoms with Gasteiger partial charge in [-0.25, -0.2) is 0 Å². The van der Waals surface area contributed by atoms with Crippen LogP contribution in [-0.2, 0) is 20.8 Å². The Kier molecular flexibility index (Phi) is 5.74. The lowest BCUT2D eigenvalue weighted by Gasteiger charge is -2.23. The fourth-order valence-electron chi connectivity index (χ4n) is 3.95. The number of aliphatic hydroxyl groups is 1. The molecular weight excluding hydrogens is 426 g/mol. The fraction of sp³-hybridized carbons (Fsp3) is 0.160. The van der Waals surface area contributed by atoms with Crippen molar-refractivity contribution in [2.75, 3.05) is 12.0 Å². The van der Waals surface area contributed by atoms with Crippen LogP contribution < -0.4 is 9.64 Å². The topological polar surface area (TPSA) is 117 Å². The Morgan fingerprint density at radius 1 is 1.09 bits per heavy atom. The molecule has 8 nitrogen and oxygen atoms in total. The molecule has 2 N–H and O–H groups in total. The smallest absolute Gasteiger partial charge is 0.307 e. The van der Waals surface area contributed by atoms with Crippen molar-refractivity contribution in [3.05, 3.63) is 88.9 Å². The number of nitrogens with zero attached hydrogens (tertiary/aromatic N) is 1. The van der Waals surface area contributed by atoms with Crippen LogP contribution in [0.25, 0.3) is 5.76 Å². The van der Waals surface area contributed by atoms with E-state index >= 15 is 0 Å². The summed E-state index contributed by atoms with van der Waals surface area (Å²) < 4.78 is 10.8. The zero-order valence-corrected chi connectivity index (χ0v) is 17.9. The largest absolute Gasteiger partial charge is 0.507 e. The second-order valence-corrected chi connectivity index (χ2v) is 7.61. The number of ether oxygens (including phenoxy) is 1. The van der Waals surface area contributed by atoms with Gasteiger partial charge in [-0.15, -0.1) is 0 Å². The first-order valence-electron chi connectivity index (χ1n) is 10.1. The number of hydrogen-bond donors (Lipinski definition) is 2. The molecule has 2 heterocycles. The number of rotatable bonds is 6. The highest BCUT2D eigenvalue weighted by molar-refractivity contribution is 6.51. The molecule has 1 amide bonds. The number of Topliss-reactive ketones (excluding diaryl/α,β-unsaturated/α-hetero) is 1. The van der Waals surface area contributed by atoms with Crippen molar-refractivity contribution in [3.8, 4) is 5.75 Å². The van der Waals surface area contributed by atoms with E-state index in [1.807, 2.05) is 0 Å². The molecule has 0 saturated carbocycles. The van der Waals surface area contributed by atoms with Crippen LogP contribution in [0, 0.1) is 6.92 Å². The summed E-state index contributed by atoms with van der Waals surface area (Å²) >= 11 is 0. The van der Waals surface area contributed by atoms with Gasteiger partial charge in [0, 0.05) is 11.3 Å². The van der Waals surface area contributed by atoms with Crippen LogP contribution >= 0.6 is 0 Å². The highest BCUT2D eigenvalue weighted by atomic mass is 16.5. The maximum Gasteiger partial charge on any atom is 0.307 e. The predicted molar refractivity (Wildman–Crippen MR) is 119 cm³/mol. The molecule has 4 rings (SSSR count). The molecule has 1 saturated heterocycles. The second kappa shape index (κ2) is 8.66. The van der Waals surface area contributed by atoms with E-state index in [-0.39, 0.29) is 17.8 Å². The van der Waals surface area contributed by atoms with Crippen molar-refractivity contribution in [1.82, 2.24) is 0 Å². The minimum atomic E-state index is -0.993. The molecular formula is C25H21NO7. The molecule has 168 valence electrons. The van der Waals surface area contributed by atoms with E-state index in [9.17, 15) is 19.5 Å². The Bertz CT molecular complexity index is 1260. The molecule has 1 fully saturated rings. The number of anilines is 1. The molecule has 1 atom stereocenters. The molecule has 0 radical (unpaired) electrons. The van der Waals surface area contributed by atoms with Crippen molar-refractivity contribution >= 4 is 29.1 Å². The van der Waals surface area contributed by atoms with Crippen molar-refractivity contribution in [2.45, 2.75) is 19.4 Å². The Morgan fingerprint density at radius 2 is 1.82 bits per heavy atom. The summed E-state index contributed by atoms with van der Waals surface area (Å²) in [5.41, 5.74) is 1.93. The molecule has 1 unspecified atom stereocenters. The molecule has 8 heteroatoms. The normalized spacial score (nSPS) is 17.4. The summed E-state index contributed by atoms with van der Waals surface area (Å²) in [5.74, 6) is -2.06. The third-order valence-electron chi connectivity index (χ3n) is 5.50. The van der Waals surface area contributed by atoms with Gasteiger partial charge in [0.05, 0.1) is 25.4 Å². The second-order valence-electron chi connectivity index (χ2n) is 7.61. The molecule has 2 aromatic carbocycles. The van der Waals surface area contributed by atoms with Gasteiger partial charge in [-0.3, -0.25) is 19.3 Å². The number of aryl methyl sites for hydroxylation is 1. The standard InChI is InChI=1S/C25H21NO7/c1-14-12-16(7-10-18(14)32-2)23(29)21-22(19-4-3-11-33-19)26(25(31)24(21)30)17-8-5-15(6-9-17)13-20(27)28/h3-12,22,29H,13H2,1-2H3,(H,27,28)/b23-21-. The van der Waals surface area contributed by atoms with Gasteiger partial charge in [0.1, 0.15) is 23.3 Å². The predicted octanol–water partition coefficient (Wildman–Crippen LogP) is 3.85. The summed E-state index contributed by atoms with van der Waals surface area (Å²) in [7, 11) is 1.53. The van der Waals surface area contributed by atoms with Gasteiger partial charge in [0.15, 0.2) is 0 Å². The van der Waals surface area contributed by atoms with Gasteiger partial charge in [0.25, 0.3) is 11.7 Å². The number of aliphatic hydroxyl groups excluding tert-OH is 1. The third kappa shape index (κ3) is 3.98. The van der Waals surface area contributed by atoms with E-state index in [2.05, 4.69) is 0 Å². The number of carbonyl (C=O) groups excluding carboxylic acids is 2. The van der Waals surface area contributed by atoms with Gasteiger partial charge in [0.2, 0.25) is 0 Å². The molecule has 1 aromatic heterocycles. The van der Waals surface area contributed by atoms with E-state index in [0.717, 1.165) is 5.56 Å². The lowest BCUT2D eigenvalue weighted by Crippen LogP contribution is -2.29. The van der Waals surface area contributed by atoms with Crippen molar-refractivity contribution in [2.24, 2.45) is 0 Å². The number of carbonyl (C=O) groups is 3. The van der Waals surface area contributed by atoms with E-state index in [0.29, 0.717) is 28.3 Å². The van der Waals surface area contributed by atoms with Crippen LogP contribution in [0.5, 0.6) is 5.75 Å². The minimum absolute atomic E-state index is 0.103. The van der Waals surface area contributed by atoms with Gasteiger partial charge < -0.3 is 19.4 Å². The molecule has 3 aromatic rings. The lowest BCUT2D eigenvalue weighted by molar-refractivity contribution is -0.136. The Labute approximate surface area is 189 Å². The Morgan fingerprint density at radius 3 is 2.39 bits per heavy atom. The first-order chi connectivity index (χ1) is 15.8. The Hall–Kier alpha value is -4.33. The lowest BCUT2D eigenvalue weighted by atomic mass is 9.98. The van der Waals surface area contributed by atoms with Crippen LogP contribution in [-0.4, -0.2) is 35.0 Å². The van der Waals surface area contributed by atoms with Gasteiger partial charge in [-0.1, -0.05) is 12.1 Å². The van der Waals surface area contributed by atoms with E-state index in [4.69, 9.17) is 14.3 Å². The zero-order chi connectivity index (χ0) is 23.7. The first kappa shape index (κ1) is 21.9. The van der Waals surface area contributed by atoms with E-state index in [1.54, 1.807) is 61.5 Å². The van der Waals surface area contributed by atoms with Crippen LogP contribution in [0.4, 0.5) is 5.69 Å². The summed E-state index contributed by atoms with van der Waals surface area (Å²) in [6.07, 6.45) is 1.25. The maximum atomic E-state index is 13.1. The highest BCUT2D eigenvalue weighted by Gasteiger charge is 2.48. The van der Waals surface area contributed by atoms with E-state index in [1.165, 1.54) is 18.3 Å². The summed E-state index contributed by atoms with van der Waals surface area (Å²) in [5, 5.41) is 20.1. The monoisotopic (exact) mass is 447 g/mol. The van der Waals surface area contributed by atoms with Crippen LogP contribution in [0.2, 0.25) is 0 Å². The van der Waals surface area contributed by atoms with Crippen molar-refractivity contribution in [1.29, 1.82) is 0 Å². The van der Waals surface area contributed by atoms with Crippen molar-refractivity contribution < 1.29 is 33.8 Å². The number of amides is 1. The summed E-state index contributed by atoms with van der Waals surface area (Å²) in [6.45, 7) is 1.80. The number of methoxy groups -OCH3 is 1. The number of hydrogen-bond acceptors (Lipinski definition) is 6. The molecule has 0 bridgehead atoms. The fourth-order valence-corrected chi connectivity index (χ4v) is 3.95. The first-order valence-corrected chi connectivity index (χ1v) is 10.1. The van der Waals surface area contributed by atoms with Gasteiger partial charge in [-0.2, -0.15) is 0 Å². The molecule has 0 aliphatic carbocycles. The zero-order valence-electron chi connectivity index (χ0n) is 17.9. The number of carboxylic acids is 1. The third-order valence-corrected chi connectivity index (χ3v) is 5.50. The van der Waals surface area contributed by atoms with Crippen LogP contribution in [0.3, 0.4) is 0 Å². The minimum Gasteiger partial charge on any atom is -0.507 e. The van der Waals surface area contributed by atoms with Crippen molar-refractivity contribution in [3.63, 3.8) is 0 Å². The average Bonchev–Trinajstić information content (AvgIpc) is 3.40. The summed E-state index contributed by atoms with van der Waals surface area (Å²) in [4.78, 5) is 38.3. The SMILES string of the molecule is COc1ccc(/C(O)=C2/C(=O)C(=O)N(c3ccc(CC(=O)O)cc3)C2c2ccco2)cc1C. The highest BCUT2D eigenvalue weighted by Crippen LogP contribution is 2.42. The molecule has 0 spiro atoms. The molecule has 1 aliphatic heterocycles. The van der Waals surface area contributed by atoms with Crippen LogP contribution in [0.15, 0.2) is 70.9 Å². The number of ketones is 1. The number of furan rings is 1. The van der Waals surface area contributed by atoms with E-state index < -0.39 is 23.7 Å². The summed E-state index contributed by atoms with van der Waals surface area (Å²) in [6, 6.07) is 13.5. The van der Waals surface area contributed by atoms with Gasteiger partial charge in [-0.05, 0) is 60.5 Å². The average molecular weight is 447 g/mol. The number of benzene rings is 2.